The molecule has 0 radical (unpaired) electrons. The van der Waals surface area contributed by atoms with Crippen molar-refractivity contribution in [3.05, 3.63) is 58.6 Å². The van der Waals surface area contributed by atoms with Crippen molar-refractivity contribution in [1.29, 1.82) is 0 Å². The van der Waals surface area contributed by atoms with Crippen LogP contribution in [0.5, 0.6) is 5.88 Å². The summed E-state index contributed by atoms with van der Waals surface area (Å²) in [6.45, 7) is 2.78. The predicted molar refractivity (Wildman–Crippen MR) is 94.3 cm³/mol. The molecule has 0 spiro atoms. The number of para-hydroxylation sites is 1. The van der Waals surface area contributed by atoms with Gasteiger partial charge in [-0.25, -0.2) is 14.6 Å². The van der Waals surface area contributed by atoms with Gasteiger partial charge in [0, 0.05) is 12.3 Å². The van der Waals surface area contributed by atoms with Crippen molar-refractivity contribution in [3.8, 4) is 11.6 Å². The second kappa shape index (κ2) is 7.51. The molecule has 1 N–H and O–H groups in total. The van der Waals surface area contributed by atoms with Crippen LogP contribution in [0.2, 0.25) is 10.0 Å². The lowest BCUT2D eigenvalue weighted by atomic mass is 10.3. The molecule has 124 valence electrons. The standard InChI is InChI=1S/C16H15Cl2N5O/c1-11-15(18)16(21-10-20-11)19-7-9-24-14-6-8-23(22-14)13-5-3-2-4-12(13)17/h2-6,8,10H,7,9H2,1H3,(H,19,20,21). The third-order valence-electron chi connectivity index (χ3n) is 3.27. The Morgan fingerprint density at radius 2 is 2.00 bits per heavy atom. The van der Waals surface area contributed by atoms with Crippen LogP contribution < -0.4 is 10.1 Å². The Kier molecular flexibility index (Phi) is 5.17. The molecule has 2 aromatic heterocycles. The van der Waals surface area contributed by atoms with Crippen molar-refractivity contribution in [1.82, 2.24) is 19.7 Å². The molecule has 2 heterocycles. The maximum absolute atomic E-state index is 6.15. The number of aryl methyl sites for hydroxylation is 1. The minimum Gasteiger partial charge on any atom is -0.475 e. The average Bonchev–Trinajstić information content (AvgIpc) is 3.04. The number of benzene rings is 1. The number of halogens is 2. The van der Waals surface area contributed by atoms with E-state index in [1.165, 1.54) is 6.33 Å². The zero-order chi connectivity index (χ0) is 16.9. The Morgan fingerprint density at radius 1 is 1.17 bits per heavy atom. The van der Waals surface area contributed by atoms with Gasteiger partial charge in [0.25, 0.3) is 0 Å². The number of nitrogens with zero attached hydrogens (tertiary/aromatic N) is 4. The lowest BCUT2D eigenvalue weighted by Gasteiger charge is -2.08. The Morgan fingerprint density at radius 3 is 2.83 bits per heavy atom. The predicted octanol–water partition coefficient (Wildman–Crippen LogP) is 3.77. The largest absolute Gasteiger partial charge is 0.475 e. The van der Waals surface area contributed by atoms with E-state index >= 15 is 0 Å². The van der Waals surface area contributed by atoms with Crippen molar-refractivity contribution < 1.29 is 4.74 Å². The number of rotatable bonds is 6. The van der Waals surface area contributed by atoms with Crippen LogP contribution in [-0.4, -0.2) is 32.9 Å². The van der Waals surface area contributed by atoms with Crippen LogP contribution in [0.3, 0.4) is 0 Å². The monoisotopic (exact) mass is 363 g/mol. The van der Waals surface area contributed by atoms with Gasteiger partial charge in [-0.2, -0.15) is 0 Å². The average molecular weight is 364 g/mol. The van der Waals surface area contributed by atoms with E-state index in [1.807, 2.05) is 31.2 Å². The third kappa shape index (κ3) is 3.77. The smallest absolute Gasteiger partial charge is 0.233 e. The van der Waals surface area contributed by atoms with Gasteiger partial charge >= 0.3 is 0 Å². The first-order valence-electron chi connectivity index (χ1n) is 7.29. The van der Waals surface area contributed by atoms with E-state index < -0.39 is 0 Å². The summed E-state index contributed by atoms with van der Waals surface area (Å²) in [5, 5.41) is 8.60. The van der Waals surface area contributed by atoms with Crippen LogP contribution in [0.1, 0.15) is 5.69 Å². The highest BCUT2D eigenvalue weighted by Crippen LogP contribution is 2.21. The van der Waals surface area contributed by atoms with Crippen LogP contribution in [0.4, 0.5) is 5.82 Å². The summed E-state index contributed by atoms with van der Waals surface area (Å²) in [7, 11) is 0. The van der Waals surface area contributed by atoms with Crippen LogP contribution in [0.25, 0.3) is 5.69 Å². The van der Waals surface area contributed by atoms with Crippen molar-refractivity contribution in [2.24, 2.45) is 0 Å². The molecule has 3 rings (SSSR count). The lowest BCUT2D eigenvalue weighted by molar-refractivity contribution is 0.317. The Labute approximate surface area is 149 Å². The minimum atomic E-state index is 0.416. The SMILES string of the molecule is Cc1ncnc(NCCOc2ccn(-c3ccccc3Cl)n2)c1Cl. The molecule has 0 saturated carbocycles. The van der Waals surface area contributed by atoms with Gasteiger partial charge in [-0.05, 0) is 19.1 Å². The number of nitrogens with one attached hydrogen (secondary N) is 1. The lowest BCUT2D eigenvalue weighted by Crippen LogP contribution is -2.13. The highest BCUT2D eigenvalue weighted by Gasteiger charge is 2.07. The van der Waals surface area contributed by atoms with E-state index in [-0.39, 0.29) is 0 Å². The van der Waals surface area contributed by atoms with Crippen LogP contribution in [0.15, 0.2) is 42.9 Å². The molecule has 0 aliphatic carbocycles. The molecule has 0 atom stereocenters. The summed E-state index contributed by atoms with van der Waals surface area (Å²) >= 11 is 12.3. The van der Waals surface area contributed by atoms with Gasteiger partial charge in [0.2, 0.25) is 5.88 Å². The summed E-state index contributed by atoms with van der Waals surface area (Å²) in [6.07, 6.45) is 3.27. The van der Waals surface area contributed by atoms with E-state index in [9.17, 15) is 0 Å². The van der Waals surface area contributed by atoms with Crippen molar-refractivity contribution >= 4 is 29.0 Å². The fraction of sp³-hybridized carbons (Fsp3) is 0.188. The number of anilines is 1. The van der Waals surface area contributed by atoms with Gasteiger partial charge in [-0.15, -0.1) is 5.10 Å². The van der Waals surface area contributed by atoms with Crippen LogP contribution >= 0.6 is 23.2 Å². The summed E-state index contributed by atoms with van der Waals surface area (Å²) in [6, 6.07) is 9.26. The summed E-state index contributed by atoms with van der Waals surface area (Å²) < 4.78 is 7.29. The molecule has 0 saturated heterocycles. The second-order valence-corrected chi connectivity index (χ2v) is 5.73. The number of hydrogen-bond acceptors (Lipinski definition) is 5. The first-order valence-corrected chi connectivity index (χ1v) is 8.05. The van der Waals surface area contributed by atoms with E-state index in [0.29, 0.717) is 34.9 Å². The highest BCUT2D eigenvalue weighted by molar-refractivity contribution is 6.33. The molecule has 0 unspecified atom stereocenters. The molecule has 0 aliphatic rings. The molecule has 6 nitrogen and oxygen atoms in total. The Balaban J connectivity index is 1.55. The quantitative estimate of drug-likeness (QED) is 0.675. The van der Waals surface area contributed by atoms with Gasteiger partial charge in [-0.1, -0.05) is 35.3 Å². The fourth-order valence-electron chi connectivity index (χ4n) is 2.06. The Bertz CT molecular complexity index is 837. The zero-order valence-electron chi connectivity index (χ0n) is 12.9. The van der Waals surface area contributed by atoms with E-state index in [2.05, 4.69) is 20.4 Å². The molecule has 3 aromatic rings. The van der Waals surface area contributed by atoms with Gasteiger partial charge in [0.15, 0.2) is 0 Å². The molecular weight excluding hydrogens is 349 g/mol. The van der Waals surface area contributed by atoms with E-state index in [4.69, 9.17) is 27.9 Å². The zero-order valence-corrected chi connectivity index (χ0v) is 14.4. The van der Waals surface area contributed by atoms with Gasteiger partial charge in [-0.3, -0.25) is 0 Å². The van der Waals surface area contributed by atoms with E-state index in [0.717, 1.165) is 11.4 Å². The minimum absolute atomic E-state index is 0.416. The van der Waals surface area contributed by atoms with Crippen LogP contribution in [-0.2, 0) is 0 Å². The van der Waals surface area contributed by atoms with Gasteiger partial charge in [0.05, 0.1) is 22.9 Å². The second-order valence-electron chi connectivity index (χ2n) is 4.95. The van der Waals surface area contributed by atoms with Gasteiger partial charge in [0.1, 0.15) is 23.8 Å². The number of hydrogen-bond donors (Lipinski definition) is 1. The molecule has 24 heavy (non-hydrogen) atoms. The van der Waals surface area contributed by atoms with Crippen LogP contribution in [0, 0.1) is 6.92 Å². The van der Waals surface area contributed by atoms with E-state index in [1.54, 1.807) is 16.9 Å². The highest BCUT2D eigenvalue weighted by atomic mass is 35.5. The molecule has 0 fully saturated rings. The van der Waals surface area contributed by atoms with Crippen molar-refractivity contribution in [3.63, 3.8) is 0 Å². The summed E-state index contributed by atoms with van der Waals surface area (Å²) in [5.41, 5.74) is 1.53. The topological polar surface area (TPSA) is 64.9 Å². The Hall–Kier alpha value is -2.31. The maximum Gasteiger partial charge on any atom is 0.233 e. The number of aromatic nitrogens is 4. The van der Waals surface area contributed by atoms with Crippen molar-refractivity contribution in [2.75, 3.05) is 18.5 Å². The van der Waals surface area contributed by atoms with Gasteiger partial charge < -0.3 is 10.1 Å². The maximum atomic E-state index is 6.15. The first-order chi connectivity index (χ1) is 11.6. The van der Waals surface area contributed by atoms with Crippen molar-refractivity contribution in [2.45, 2.75) is 6.92 Å². The summed E-state index contributed by atoms with van der Waals surface area (Å²) in [4.78, 5) is 8.11. The molecule has 0 amide bonds. The fourth-order valence-corrected chi connectivity index (χ4v) is 2.45. The normalized spacial score (nSPS) is 10.6. The molecule has 1 aromatic carbocycles. The summed E-state index contributed by atoms with van der Waals surface area (Å²) in [5.74, 6) is 1.11. The first kappa shape index (κ1) is 16.5. The number of ether oxygens (including phenoxy) is 1. The molecule has 8 heteroatoms. The molecular formula is C16H15Cl2N5O. The third-order valence-corrected chi connectivity index (χ3v) is 4.04. The molecule has 0 bridgehead atoms. The molecule has 0 aliphatic heterocycles.